The molecule has 0 saturated heterocycles. The maximum absolute atomic E-state index is 11.9. The summed E-state index contributed by atoms with van der Waals surface area (Å²) in [5, 5.41) is 2.79. The molecular weight excluding hydrogens is 334 g/mol. The van der Waals surface area contributed by atoms with Gasteiger partial charge in [-0.2, -0.15) is 0 Å². The van der Waals surface area contributed by atoms with Gasteiger partial charge >= 0.3 is 5.97 Å². The molecule has 0 unspecified atom stereocenters. The lowest BCUT2D eigenvalue weighted by Crippen LogP contribution is -2.21. The molecule has 1 N–H and O–H groups in total. The molecule has 4 nitrogen and oxygen atoms in total. The zero-order chi connectivity index (χ0) is 17.5. The molecule has 0 aromatic heterocycles. The number of aryl methyl sites for hydroxylation is 2. The van der Waals surface area contributed by atoms with Crippen molar-refractivity contribution in [2.45, 2.75) is 30.6 Å². The van der Waals surface area contributed by atoms with Gasteiger partial charge in [0.25, 0.3) is 5.91 Å². The highest BCUT2D eigenvalue weighted by Crippen LogP contribution is 2.24. The highest BCUT2D eigenvalue weighted by atomic mass is 32.2. The minimum Gasteiger partial charge on any atom is -0.456 e. The number of ether oxygens (including phenoxy) is 1. The van der Waals surface area contributed by atoms with Crippen LogP contribution in [0.3, 0.4) is 0 Å². The van der Waals surface area contributed by atoms with Crippen LogP contribution in [0.2, 0.25) is 0 Å². The molecular formula is C20H21NO3S. The number of benzene rings is 2. The summed E-state index contributed by atoms with van der Waals surface area (Å²) >= 11 is 1.60. The third-order valence-corrected chi connectivity index (χ3v) is 5.08. The predicted octanol–water partition coefficient (Wildman–Crippen LogP) is 3.84. The number of hydrogen-bond donors (Lipinski definition) is 1. The van der Waals surface area contributed by atoms with Gasteiger partial charge in [-0.1, -0.05) is 24.3 Å². The number of amides is 1. The molecule has 0 bridgehead atoms. The Morgan fingerprint density at radius 3 is 2.68 bits per heavy atom. The second kappa shape index (κ2) is 8.72. The Morgan fingerprint density at radius 1 is 1.04 bits per heavy atom. The van der Waals surface area contributed by atoms with E-state index in [9.17, 15) is 9.59 Å². The quantitative estimate of drug-likeness (QED) is 0.606. The van der Waals surface area contributed by atoms with E-state index in [2.05, 4.69) is 11.4 Å². The van der Waals surface area contributed by atoms with E-state index in [-0.39, 0.29) is 24.9 Å². The van der Waals surface area contributed by atoms with Crippen molar-refractivity contribution >= 4 is 29.3 Å². The number of anilines is 1. The Balaban J connectivity index is 1.36. The monoisotopic (exact) mass is 355 g/mol. The van der Waals surface area contributed by atoms with E-state index >= 15 is 0 Å². The lowest BCUT2D eigenvalue weighted by molar-refractivity contribution is -0.146. The smallest absolute Gasteiger partial charge is 0.307 e. The van der Waals surface area contributed by atoms with Crippen LogP contribution in [0.25, 0.3) is 0 Å². The minimum atomic E-state index is -0.354. The van der Waals surface area contributed by atoms with Crippen molar-refractivity contribution in [3.8, 4) is 0 Å². The summed E-state index contributed by atoms with van der Waals surface area (Å²) in [5.41, 5.74) is 3.43. The third-order valence-electron chi connectivity index (χ3n) is 4.06. The molecule has 0 atom stereocenters. The maximum Gasteiger partial charge on any atom is 0.307 e. The van der Waals surface area contributed by atoms with Gasteiger partial charge in [0.1, 0.15) is 0 Å². The molecule has 25 heavy (non-hydrogen) atoms. The van der Waals surface area contributed by atoms with Gasteiger partial charge in [0.15, 0.2) is 6.61 Å². The van der Waals surface area contributed by atoms with Crippen LogP contribution >= 0.6 is 11.8 Å². The molecule has 1 aliphatic carbocycles. The van der Waals surface area contributed by atoms with Crippen molar-refractivity contribution < 1.29 is 14.3 Å². The molecule has 0 aliphatic heterocycles. The fraction of sp³-hybridized carbons (Fsp3) is 0.300. The van der Waals surface area contributed by atoms with Crippen LogP contribution < -0.4 is 5.32 Å². The number of carbonyl (C=O) groups excluding carboxylic acids is 2. The van der Waals surface area contributed by atoms with E-state index in [0.717, 1.165) is 23.4 Å². The largest absolute Gasteiger partial charge is 0.456 e. The van der Waals surface area contributed by atoms with Crippen LogP contribution in [0, 0.1) is 0 Å². The number of carbonyl (C=O) groups is 2. The van der Waals surface area contributed by atoms with Crippen molar-refractivity contribution in [3.63, 3.8) is 0 Å². The van der Waals surface area contributed by atoms with Crippen molar-refractivity contribution in [1.29, 1.82) is 0 Å². The summed E-state index contributed by atoms with van der Waals surface area (Å²) in [6, 6.07) is 15.9. The number of nitrogens with one attached hydrogen (secondary N) is 1. The average Bonchev–Trinajstić information content (AvgIpc) is 3.09. The predicted molar refractivity (Wildman–Crippen MR) is 99.8 cm³/mol. The van der Waals surface area contributed by atoms with Gasteiger partial charge in [0.2, 0.25) is 0 Å². The van der Waals surface area contributed by atoms with E-state index < -0.39 is 0 Å². The summed E-state index contributed by atoms with van der Waals surface area (Å²) in [6.07, 6.45) is 3.63. The standard InChI is InChI=1S/C20H21NO3S/c22-19(21-17-10-9-15-5-4-6-16(15)13-17)14-24-20(23)11-12-25-18-7-2-1-3-8-18/h1-3,7-10,13H,4-6,11-12,14H2,(H,21,22). The van der Waals surface area contributed by atoms with E-state index in [4.69, 9.17) is 4.74 Å². The molecule has 2 aromatic rings. The third kappa shape index (κ3) is 5.36. The molecule has 0 heterocycles. The van der Waals surface area contributed by atoms with Gasteiger partial charge in [0, 0.05) is 16.3 Å². The Kier molecular flexibility index (Phi) is 6.12. The molecule has 1 aliphatic rings. The van der Waals surface area contributed by atoms with Gasteiger partial charge in [0.05, 0.1) is 6.42 Å². The SMILES string of the molecule is O=C(COC(=O)CCSc1ccccc1)Nc1ccc2c(c1)CCC2. The summed E-state index contributed by atoms with van der Waals surface area (Å²) in [6.45, 7) is -0.244. The zero-order valence-corrected chi connectivity index (χ0v) is 14.8. The van der Waals surface area contributed by atoms with Crippen LogP contribution in [-0.4, -0.2) is 24.2 Å². The summed E-state index contributed by atoms with van der Waals surface area (Å²) < 4.78 is 5.04. The van der Waals surface area contributed by atoms with E-state index in [0.29, 0.717) is 5.75 Å². The second-order valence-corrected chi connectivity index (χ2v) is 7.13. The van der Waals surface area contributed by atoms with Crippen LogP contribution in [0.1, 0.15) is 24.0 Å². The Labute approximate surface area is 152 Å². The van der Waals surface area contributed by atoms with Crippen molar-refractivity contribution in [2.24, 2.45) is 0 Å². The second-order valence-electron chi connectivity index (χ2n) is 5.96. The van der Waals surface area contributed by atoms with Gasteiger partial charge in [-0.3, -0.25) is 9.59 Å². The van der Waals surface area contributed by atoms with Crippen molar-refractivity contribution in [1.82, 2.24) is 0 Å². The lowest BCUT2D eigenvalue weighted by atomic mass is 10.1. The highest BCUT2D eigenvalue weighted by molar-refractivity contribution is 7.99. The van der Waals surface area contributed by atoms with Crippen molar-refractivity contribution in [2.75, 3.05) is 17.7 Å². The zero-order valence-electron chi connectivity index (χ0n) is 14.0. The molecule has 0 radical (unpaired) electrons. The maximum atomic E-state index is 11.9. The number of hydrogen-bond acceptors (Lipinski definition) is 4. The first-order chi connectivity index (χ1) is 12.2. The first kappa shape index (κ1) is 17.5. The number of rotatable bonds is 7. The number of esters is 1. The van der Waals surface area contributed by atoms with Crippen LogP contribution in [0.4, 0.5) is 5.69 Å². The molecule has 0 spiro atoms. The fourth-order valence-corrected chi connectivity index (χ4v) is 3.69. The molecule has 130 valence electrons. The first-order valence-corrected chi connectivity index (χ1v) is 9.44. The topological polar surface area (TPSA) is 55.4 Å². The molecule has 0 saturated carbocycles. The van der Waals surface area contributed by atoms with E-state index in [1.807, 2.05) is 42.5 Å². The summed E-state index contributed by atoms with van der Waals surface area (Å²) in [7, 11) is 0. The van der Waals surface area contributed by atoms with Gasteiger partial charge in [-0.05, 0) is 54.7 Å². The average molecular weight is 355 g/mol. The van der Waals surface area contributed by atoms with Crippen LogP contribution in [0.5, 0.6) is 0 Å². The van der Waals surface area contributed by atoms with Gasteiger partial charge in [-0.15, -0.1) is 11.8 Å². The minimum absolute atomic E-state index is 0.244. The van der Waals surface area contributed by atoms with Gasteiger partial charge < -0.3 is 10.1 Å². The molecule has 1 amide bonds. The molecule has 0 fully saturated rings. The molecule has 2 aromatic carbocycles. The van der Waals surface area contributed by atoms with Crippen LogP contribution in [0.15, 0.2) is 53.4 Å². The summed E-state index contributed by atoms with van der Waals surface area (Å²) in [5.74, 6) is -0.0236. The number of fused-ring (bicyclic) bond motifs is 1. The van der Waals surface area contributed by atoms with Gasteiger partial charge in [-0.25, -0.2) is 0 Å². The number of thioether (sulfide) groups is 1. The molecule has 3 rings (SSSR count). The Hall–Kier alpha value is -2.27. The lowest BCUT2D eigenvalue weighted by Gasteiger charge is -2.08. The summed E-state index contributed by atoms with van der Waals surface area (Å²) in [4.78, 5) is 24.8. The highest BCUT2D eigenvalue weighted by Gasteiger charge is 2.12. The van der Waals surface area contributed by atoms with E-state index in [1.165, 1.54) is 17.5 Å². The van der Waals surface area contributed by atoms with E-state index in [1.54, 1.807) is 11.8 Å². The fourth-order valence-electron chi connectivity index (χ4n) is 2.83. The Morgan fingerprint density at radius 2 is 1.84 bits per heavy atom. The van der Waals surface area contributed by atoms with Crippen LogP contribution in [-0.2, 0) is 27.2 Å². The first-order valence-electron chi connectivity index (χ1n) is 8.46. The van der Waals surface area contributed by atoms with Crippen molar-refractivity contribution in [3.05, 3.63) is 59.7 Å². The Bertz CT molecular complexity index is 746. The molecule has 5 heteroatoms. The normalized spacial score (nSPS) is 12.5.